The molecule has 1 aliphatic carbocycles. The summed E-state index contributed by atoms with van der Waals surface area (Å²) in [5.74, 6) is 1.59. The summed E-state index contributed by atoms with van der Waals surface area (Å²) in [7, 11) is 0. The molecule has 3 heterocycles. The lowest BCUT2D eigenvalue weighted by Gasteiger charge is -2.24. The van der Waals surface area contributed by atoms with Crippen LogP contribution in [-0.2, 0) is 11.3 Å². The molecule has 4 rings (SSSR count). The van der Waals surface area contributed by atoms with E-state index in [-0.39, 0.29) is 11.9 Å². The lowest BCUT2D eigenvalue weighted by atomic mass is 9.85. The molecule has 3 unspecified atom stereocenters. The fraction of sp³-hybridized carbons (Fsp3) is 0.500. The van der Waals surface area contributed by atoms with E-state index < -0.39 is 0 Å². The third-order valence-electron chi connectivity index (χ3n) is 5.25. The molecule has 0 bridgehead atoms. The van der Waals surface area contributed by atoms with E-state index in [9.17, 15) is 4.79 Å². The van der Waals surface area contributed by atoms with Crippen molar-refractivity contribution in [3.8, 4) is 5.82 Å². The second-order valence-corrected chi connectivity index (χ2v) is 6.78. The molecule has 3 atom stereocenters. The first-order valence-corrected chi connectivity index (χ1v) is 8.77. The van der Waals surface area contributed by atoms with Crippen molar-refractivity contribution in [2.45, 2.75) is 50.7 Å². The average Bonchev–Trinajstić information content (AvgIpc) is 3.29. The monoisotopic (exact) mass is 325 g/mol. The van der Waals surface area contributed by atoms with Crippen molar-refractivity contribution in [2.24, 2.45) is 5.92 Å². The van der Waals surface area contributed by atoms with Crippen molar-refractivity contribution in [3.63, 3.8) is 0 Å². The number of carbonyl (C=O) groups excluding carboxylic acids is 1. The Bertz CT molecular complexity index is 685. The minimum Gasteiger partial charge on any atom is -0.351 e. The predicted octanol–water partition coefficient (Wildman–Crippen LogP) is 1.80. The van der Waals surface area contributed by atoms with E-state index in [1.807, 2.05) is 22.9 Å². The third-order valence-corrected chi connectivity index (χ3v) is 5.25. The fourth-order valence-corrected chi connectivity index (χ4v) is 4.01. The molecule has 2 aromatic rings. The van der Waals surface area contributed by atoms with Crippen LogP contribution in [0, 0.1) is 5.92 Å². The number of hydrogen-bond acceptors (Lipinski definition) is 4. The molecule has 1 saturated heterocycles. The molecule has 2 N–H and O–H groups in total. The fourth-order valence-electron chi connectivity index (χ4n) is 4.01. The highest BCUT2D eigenvalue weighted by Crippen LogP contribution is 2.33. The second-order valence-electron chi connectivity index (χ2n) is 6.78. The van der Waals surface area contributed by atoms with E-state index in [1.165, 1.54) is 25.7 Å². The van der Waals surface area contributed by atoms with Gasteiger partial charge in [0.2, 0.25) is 5.91 Å². The molecule has 1 aliphatic heterocycles. The van der Waals surface area contributed by atoms with Gasteiger partial charge in [-0.15, -0.1) is 0 Å². The lowest BCUT2D eigenvalue weighted by Crippen LogP contribution is -2.43. The number of hydrogen-bond donors (Lipinski definition) is 2. The average molecular weight is 325 g/mol. The number of fused-ring (bicyclic) bond motifs is 1. The molecule has 2 fully saturated rings. The highest BCUT2D eigenvalue weighted by Gasteiger charge is 2.38. The first-order chi connectivity index (χ1) is 11.8. The zero-order valence-electron chi connectivity index (χ0n) is 13.7. The maximum atomic E-state index is 12.5. The summed E-state index contributed by atoms with van der Waals surface area (Å²) in [4.78, 5) is 21.0. The molecule has 2 aliphatic rings. The summed E-state index contributed by atoms with van der Waals surface area (Å²) in [5, 5.41) is 6.61. The van der Waals surface area contributed by atoms with E-state index in [0.717, 1.165) is 17.8 Å². The Morgan fingerprint density at radius 2 is 2.25 bits per heavy atom. The minimum atomic E-state index is -0.0496. The maximum Gasteiger partial charge on any atom is 0.237 e. The maximum absolute atomic E-state index is 12.5. The van der Waals surface area contributed by atoms with Gasteiger partial charge in [-0.25, -0.2) is 9.97 Å². The number of nitrogens with zero attached hydrogens (tertiary/aromatic N) is 3. The van der Waals surface area contributed by atoms with Crippen molar-refractivity contribution in [2.75, 3.05) is 0 Å². The first-order valence-electron chi connectivity index (χ1n) is 8.77. The third kappa shape index (κ3) is 3.06. The summed E-state index contributed by atoms with van der Waals surface area (Å²) in [5.41, 5.74) is 0.985. The van der Waals surface area contributed by atoms with Gasteiger partial charge < -0.3 is 10.6 Å². The first kappa shape index (κ1) is 15.3. The highest BCUT2D eigenvalue weighted by atomic mass is 16.2. The predicted molar refractivity (Wildman–Crippen MR) is 90.5 cm³/mol. The zero-order chi connectivity index (χ0) is 16.4. The number of amides is 1. The van der Waals surface area contributed by atoms with Gasteiger partial charge in [-0.3, -0.25) is 9.36 Å². The van der Waals surface area contributed by atoms with Gasteiger partial charge in [0.1, 0.15) is 12.1 Å². The Balaban J connectivity index is 1.40. The Labute approximate surface area is 141 Å². The zero-order valence-corrected chi connectivity index (χ0v) is 13.7. The van der Waals surface area contributed by atoms with Crippen molar-refractivity contribution in [1.82, 2.24) is 25.2 Å². The number of rotatable bonds is 4. The van der Waals surface area contributed by atoms with Crippen molar-refractivity contribution < 1.29 is 4.79 Å². The Hall–Kier alpha value is -2.21. The molecular formula is C18H23N5O. The number of nitrogens with one attached hydrogen (secondary N) is 2. The molecule has 2 aromatic heterocycles. The number of carbonyl (C=O) groups is 1. The molecular weight excluding hydrogens is 302 g/mol. The minimum absolute atomic E-state index is 0.0496. The van der Waals surface area contributed by atoms with Crippen LogP contribution in [0.3, 0.4) is 0 Å². The van der Waals surface area contributed by atoms with E-state index in [2.05, 4.69) is 20.6 Å². The molecule has 126 valence electrons. The van der Waals surface area contributed by atoms with Crippen LogP contribution in [0.25, 0.3) is 5.82 Å². The molecule has 6 nitrogen and oxygen atoms in total. The van der Waals surface area contributed by atoms with Crippen LogP contribution in [-0.4, -0.2) is 32.5 Å². The van der Waals surface area contributed by atoms with Crippen molar-refractivity contribution in [3.05, 3.63) is 42.6 Å². The lowest BCUT2D eigenvalue weighted by molar-refractivity contribution is -0.123. The van der Waals surface area contributed by atoms with Gasteiger partial charge >= 0.3 is 0 Å². The van der Waals surface area contributed by atoms with E-state index in [4.69, 9.17) is 0 Å². The smallest absolute Gasteiger partial charge is 0.237 e. The van der Waals surface area contributed by atoms with Gasteiger partial charge in [-0.05, 0) is 31.2 Å². The van der Waals surface area contributed by atoms with E-state index in [1.54, 1.807) is 18.7 Å². The normalized spacial score (nSPS) is 26.1. The molecule has 1 saturated carbocycles. The van der Waals surface area contributed by atoms with Crippen LogP contribution in [0.2, 0.25) is 0 Å². The molecule has 0 aromatic carbocycles. The summed E-state index contributed by atoms with van der Waals surface area (Å²) in [6, 6.07) is 4.37. The van der Waals surface area contributed by atoms with Crippen molar-refractivity contribution >= 4 is 5.91 Å². The van der Waals surface area contributed by atoms with Crippen LogP contribution in [0.4, 0.5) is 0 Å². The number of aromatic nitrogens is 3. The molecule has 6 heteroatoms. The summed E-state index contributed by atoms with van der Waals surface area (Å²) < 4.78 is 1.86. The standard InChI is InChI=1S/C18H23N5O/c24-18(16-10-13-4-1-2-6-15(13)22-16)21-11-14-5-3-7-20-17(14)23-9-8-19-12-23/h3,5,7-9,12-13,15-16,22H,1-2,4,6,10-11H2,(H,21,24). The molecule has 1 amide bonds. The van der Waals surface area contributed by atoms with Gasteiger partial charge in [-0.1, -0.05) is 18.9 Å². The van der Waals surface area contributed by atoms with Crippen molar-refractivity contribution in [1.29, 1.82) is 0 Å². The van der Waals surface area contributed by atoms with Crippen LogP contribution in [0.1, 0.15) is 37.7 Å². The Kier molecular flexibility index (Phi) is 4.30. The largest absolute Gasteiger partial charge is 0.351 e. The quantitative estimate of drug-likeness (QED) is 0.899. The summed E-state index contributed by atoms with van der Waals surface area (Å²) in [6.45, 7) is 0.480. The second kappa shape index (κ2) is 6.73. The topological polar surface area (TPSA) is 71.8 Å². The Morgan fingerprint density at radius 1 is 1.33 bits per heavy atom. The number of imidazole rings is 1. The molecule has 24 heavy (non-hydrogen) atoms. The Morgan fingerprint density at radius 3 is 3.08 bits per heavy atom. The van der Waals surface area contributed by atoms with E-state index in [0.29, 0.717) is 18.5 Å². The van der Waals surface area contributed by atoms with Gasteiger partial charge in [-0.2, -0.15) is 0 Å². The van der Waals surface area contributed by atoms with Crippen LogP contribution in [0.5, 0.6) is 0 Å². The molecule has 0 radical (unpaired) electrons. The van der Waals surface area contributed by atoms with Gasteiger partial charge in [0.25, 0.3) is 0 Å². The summed E-state index contributed by atoms with van der Waals surface area (Å²) >= 11 is 0. The van der Waals surface area contributed by atoms with Crippen LogP contribution < -0.4 is 10.6 Å². The number of pyridine rings is 1. The highest BCUT2D eigenvalue weighted by molar-refractivity contribution is 5.82. The summed E-state index contributed by atoms with van der Waals surface area (Å²) in [6.07, 6.45) is 13.1. The van der Waals surface area contributed by atoms with Gasteiger partial charge in [0, 0.05) is 36.7 Å². The molecule has 0 spiro atoms. The van der Waals surface area contributed by atoms with Crippen LogP contribution in [0.15, 0.2) is 37.1 Å². The van der Waals surface area contributed by atoms with Gasteiger partial charge in [0.05, 0.1) is 6.04 Å². The van der Waals surface area contributed by atoms with Gasteiger partial charge in [0.15, 0.2) is 0 Å². The SMILES string of the molecule is O=C(NCc1cccnc1-n1ccnc1)C1CC2CCCCC2N1. The van der Waals surface area contributed by atoms with E-state index >= 15 is 0 Å². The van der Waals surface area contributed by atoms with Crippen LogP contribution >= 0.6 is 0 Å².